The Kier molecular flexibility index (Phi) is 2.93. The number of hydrogen-bond donors (Lipinski definition) is 1. The second-order valence-corrected chi connectivity index (χ2v) is 12.2. The Balaban J connectivity index is 2.13. The highest BCUT2D eigenvalue weighted by Gasteiger charge is 2.70. The number of rotatable bonds is 1. The number of aliphatic hydroxyl groups excluding tert-OH is 1. The molecule has 0 aromatic heterocycles. The summed E-state index contributed by atoms with van der Waals surface area (Å²) in [5.41, 5.74) is 2.88. The number of piperidine rings is 1. The Morgan fingerprint density at radius 3 is 2.80 bits per heavy atom. The summed E-state index contributed by atoms with van der Waals surface area (Å²) in [7, 11) is 0.357. The van der Waals surface area contributed by atoms with Gasteiger partial charge in [-0.15, -0.1) is 5.54 Å². The van der Waals surface area contributed by atoms with Gasteiger partial charge in [0, 0.05) is 37.5 Å². The standard InChI is InChI=1S/C16H23NO2Si/c1-17-14-11(10-18)12-6-5-7-13(14)16(12,15(17)19)8-9-20(2,3)4/h5-6,11-14,18H,7,10H2,1-4H3/t11-,12-,13+,14+,16+/m1/s1. The number of nitrogens with zero attached hydrogens (tertiary/aromatic N) is 1. The molecule has 1 aliphatic heterocycles. The minimum Gasteiger partial charge on any atom is -0.396 e. The third-order valence-electron chi connectivity index (χ3n) is 5.13. The first-order valence-electron chi connectivity index (χ1n) is 7.42. The van der Waals surface area contributed by atoms with Crippen molar-refractivity contribution in [2.45, 2.75) is 32.1 Å². The maximum Gasteiger partial charge on any atom is 0.241 e. The minimum atomic E-state index is -1.52. The van der Waals surface area contributed by atoms with Gasteiger partial charge in [-0.1, -0.05) is 37.7 Å². The van der Waals surface area contributed by atoms with E-state index < -0.39 is 13.5 Å². The fourth-order valence-corrected chi connectivity index (χ4v) is 4.97. The predicted molar refractivity (Wildman–Crippen MR) is 81.4 cm³/mol. The Morgan fingerprint density at radius 2 is 2.20 bits per heavy atom. The van der Waals surface area contributed by atoms with Crippen molar-refractivity contribution in [2.24, 2.45) is 23.2 Å². The molecule has 5 atom stereocenters. The van der Waals surface area contributed by atoms with Crippen molar-refractivity contribution in [3.63, 3.8) is 0 Å². The topological polar surface area (TPSA) is 40.5 Å². The van der Waals surface area contributed by atoms with Gasteiger partial charge in [-0.3, -0.25) is 4.79 Å². The van der Waals surface area contributed by atoms with Crippen LogP contribution < -0.4 is 0 Å². The van der Waals surface area contributed by atoms with Crippen molar-refractivity contribution in [3.05, 3.63) is 12.2 Å². The van der Waals surface area contributed by atoms with Crippen LogP contribution in [-0.4, -0.2) is 43.7 Å². The van der Waals surface area contributed by atoms with Crippen LogP contribution in [0.3, 0.4) is 0 Å². The van der Waals surface area contributed by atoms with Crippen molar-refractivity contribution in [2.75, 3.05) is 13.7 Å². The van der Waals surface area contributed by atoms with Crippen LogP contribution in [0.25, 0.3) is 0 Å². The molecule has 0 aromatic rings. The van der Waals surface area contributed by atoms with E-state index in [9.17, 15) is 9.90 Å². The van der Waals surface area contributed by atoms with Gasteiger partial charge in [-0.05, 0) is 6.42 Å². The van der Waals surface area contributed by atoms with E-state index >= 15 is 0 Å². The molecule has 0 unspecified atom stereocenters. The molecule has 1 saturated heterocycles. The van der Waals surface area contributed by atoms with Crippen molar-refractivity contribution < 1.29 is 9.90 Å². The van der Waals surface area contributed by atoms with Crippen LogP contribution in [0.1, 0.15) is 6.42 Å². The molecule has 3 nitrogen and oxygen atoms in total. The zero-order valence-electron chi connectivity index (χ0n) is 12.7. The normalized spacial score (nSPS) is 41.9. The zero-order valence-corrected chi connectivity index (χ0v) is 13.7. The van der Waals surface area contributed by atoms with Gasteiger partial charge in [0.1, 0.15) is 13.5 Å². The lowest BCUT2D eigenvalue weighted by molar-refractivity contribution is -0.140. The highest BCUT2D eigenvalue weighted by atomic mass is 28.3. The molecule has 4 heteroatoms. The quantitative estimate of drug-likeness (QED) is 0.451. The van der Waals surface area contributed by atoms with E-state index in [0.717, 1.165) is 6.42 Å². The average molecular weight is 289 g/mol. The summed E-state index contributed by atoms with van der Waals surface area (Å²) in [6, 6.07) is 0.156. The van der Waals surface area contributed by atoms with E-state index in [1.54, 1.807) is 0 Å². The third-order valence-corrected chi connectivity index (χ3v) is 6.01. The van der Waals surface area contributed by atoms with Gasteiger partial charge in [-0.2, -0.15) is 0 Å². The Bertz CT molecular complexity index is 539. The van der Waals surface area contributed by atoms with Gasteiger partial charge in [-0.25, -0.2) is 0 Å². The second kappa shape index (κ2) is 4.22. The lowest BCUT2D eigenvalue weighted by Gasteiger charge is -2.38. The van der Waals surface area contributed by atoms with E-state index in [1.807, 2.05) is 11.9 Å². The van der Waals surface area contributed by atoms with E-state index in [0.29, 0.717) is 0 Å². The molecule has 2 aliphatic carbocycles. The van der Waals surface area contributed by atoms with Crippen molar-refractivity contribution in [1.29, 1.82) is 0 Å². The van der Waals surface area contributed by atoms with E-state index in [4.69, 9.17) is 0 Å². The maximum atomic E-state index is 12.8. The first-order chi connectivity index (χ1) is 9.33. The minimum absolute atomic E-state index is 0.101. The summed E-state index contributed by atoms with van der Waals surface area (Å²) >= 11 is 0. The van der Waals surface area contributed by atoms with E-state index in [-0.39, 0.29) is 36.3 Å². The SMILES string of the molecule is CN1C(=O)[C@@]2(C#C[Si](C)(C)C)[C@@H]3C=CC[C@H]2[C@@H]1[C@@H]3CO. The lowest BCUT2D eigenvalue weighted by Crippen LogP contribution is -2.49. The second-order valence-electron chi connectivity index (χ2n) is 7.42. The van der Waals surface area contributed by atoms with Gasteiger partial charge in [0.05, 0.1) is 0 Å². The summed E-state index contributed by atoms with van der Waals surface area (Å²) in [4.78, 5) is 14.7. The largest absolute Gasteiger partial charge is 0.396 e. The molecule has 1 heterocycles. The number of aliphatic hydroxyl groups is 1. The fraction of sp³-hybridized carbons (Fsp3) is 0.688. The Labute approximate surface area is 122 Å². The maximum absolute atomic E-state index is 12.8. The van der Waals surface area contributed by atoms with Crippen LogP contribution in [0.4, 0.5) is 0 Å². The number of allylic oxidation sites excluding steroid dienone is 2. The molecule has 1 amide bonds. The van der Waals surface area contributed by atoms with Crippen molar-refractivity contribution >= 4 is 14.0 Å². The fourth-order valence-electron chi connectivity index (χ4n) is 4.38. The molecule has 3 rings (SSSR count). The van der Waals surface area contributed by atoms with Gasteiger partial charge in [0.15, 0.2) is 0 Å². The van der Waals surface area contributed by atoms with E-state index in [2.05, 4.69) is 43.3 Å². The number of likely N-dealkylation sites (tertiary alicyclic amines) is 1. The lowest BCUT2D eigenvalue weighted by atomic mass is 9.68. The summed E-state index contributed by atoms with van der Waals surface area (Å²) in [5, 5.41) is 9.77. The number of carbonyl (C=O) groups is 1. The van der Waals surface area contributed by atoms with Crippen LogP contribution in [0, 0.1) is 34.6 Å². The number of carbonyl (C=O) groups excluding carboxylic acids is 1. The predicted octanol–water partition coefficient (Wildman–Crippen LogP) is 1.51. The highest BCUT2D eigenvalue weighted by molar-refractivity contribution is 6.83. The molecule has 3 aliphatic rings. The molecule has 1 N–H and O–H groups in total. The summed E-state index contributed by atoms with van der Waals surface area (Å²) < 4.78 is 0. The van der Waals surface area contributed by atoms with Gasteiger partial charge in [0.25, 0.3) is 0 Å². The molecule has 0 radical (unpaired) electrons. The van der Waals surface area contributed by atoms with Crippen LogP contribution in [-0.2, 0) is 4.79 Å². The molecule has 4 bridgehead atoms. The first kappa shape index (κ1) is 13.9. The Morgan fingerprint density at radius 1 is 1.50 bits per heavy atom. The average Bonchev–Trinajstić information content (AvgIpc) is 2.66. The molecular formula is C16H23NO2Si. The van der Waals surface area contributed by atoms with Crippen LogP contribution >= 0.6 is 0 Å². The molecular weight excluding hydrogens is 266 g/mol. The molecule has 0 aromatic carbocycles. The van der Waals surface area contributed by atoms with Crippen LogP contribution in [0.2, 0.25) is 19.6 Å². The van der Waals surface area contributed by atoms with Gasteiger partial charge < -0.3 is 10.0 Å². The van der Waals surface area contributed by atoms with Crippen LogP contribution in [0.5, 0.6) is 0 Å². The summed E-state index contributed by atoms with van der Waals surface area (Å²) in [6.45, 7) is 6.77. The summed E-state index contributed by atoms with van der Waals surface area (Å²) in [6.07, 6.45) is 5.23. The zero-order chi connectivity index (χ0) is 14.7. The monoisotopic (exact) mass is 289 g/mol. The van der Waals surface area contributed by atoms with E-state index in [1.165, 1.54) is 0 Å². The molecule has 20 heavy (non-hydrogen) atoms. The van der Waals surface area contributed by atoms with Crippen molar-refractivity contribution in [3.8, 4) is 11.5 Å². The first-order valence-corrected chi connectivity index (χ1v) is 10.9. The summed E-state index contributed by atoms with van der Waals surface area (Å²) in [5.74, 6) is 4.12. The molecule has 1 saturated carbocycles. The molecule has 2 fully saturated rings. The Hall–Kier alpha value is -1.05. The van der Waals surface area contributed by atoms with Gasteiger partial charge >= 0.3 is 0 Å². The highest BCUT2D eigenvalue weighted by Crippen LogP contribution is 2.62. The number of amides is 1. The van der Waals surface area contributed by atoms with Crippen molar-refractivity contribution in [1.82, 2.24) is 4.90 Å². The smallest absolute Gasteiger partial charge is 0.241 e. The third kappa shape index (κ3) is 1.60. The number of hydrogen-bond acceptors (Lipinski definition) is 2. The molecule has 108 valence electrons. The molecule has 0 spiro atoms. The van der Waals surface area contributed by atoms with Gasteiger partial charge in [0.2, 0.25) is 5.91 Å². The van der Waals surface area contributed by atoms with Crippen LogP contribution in [0.15, 0.2) is 12.2 Å².